The van der Waals surface area contributed by atoms with E-state index in [1.54, 1.807) is 20.1 Å². The summed E-state index contributed by atoms with van der Waals surface area (Å²) in [5, 5.41) is 2.88. The van der Waals surface area contributed by atoms with E-state index in [0.717, 1.165) is 10.5 Å². The number of amides is 3. The summed E-state index contributed by atoms with van der Waals surface area (Å²) >= 11 is 6.02. The van der Waals surface area contributed by atoms with Gasteiger partial charge in [0.2, 0.25) is 0 Å². The van der Waals surface area contributed by atoms with Crippen molar-refractivity contribution in [2.75, 3.05) is 7.11 Å². The van der Waals surface area contributed by atoms with Crippen molar-refractivity contribution in [2.24, 2.45) is 0 Å². The maximum Gasteiger partial charge on any atom is 0.325 e. The fourth-order valence-corrected chi connectivity index (χ4v) is 3.30. The van der Waals surface area contributed by atoms with Crippen LogP contribution in [0.1, 0.15) is 18.1 Å². The average Bonchev–Trinajstić information content (AvgIpc) is 2.81. The van der Waals surface area contributed by atoms with E-state index in [2.05, 4.69) is 5.32 Å². The molecule has 1 heterocycles. The van der Waals surface area contributed by atoms with Crippen LogP contribution >= 0.6 is 11.6 Å². The van der Waals surface area contributed by atoms with Gasteiger partial charge in [-0.3, -0.25) is 9.69 Å². The molecular formula is C19H18ClFN2O3. The van der Waals surface area contributed by atoms with Crippen molar-refractivity contribution in [3.8, 4) is 5.75 Å². The number of nitrogens with one attached hydrogen (secondary N) is 1. The van der Waals surface area contributed by atoms with Gasteiger partial charge in [0.15, 0.2) is 0 Å². The number of carbonyl (C=O) groups excluding carboxylic acids is 2. The summed E-state index contributed by atoms with van der Waals surface area (Å²) in [6, 6.07) is 10.9. The van der Waals surface area contributed by atoms with Gasteiger partial charge in [-0.2, -0.15) is 0 Å². The summed E-state index contributed by atoms with van der Waals surface area (Å²) in [4.78, 5) is 26.3. The van der Waals surface area contributed by atoms with Crippen LogP contribution in [0.5, 0.6) is 5.75 Å². The van der Waals surface area contributed by atoms with Gasteiger partial charge in [0.1, 0.15) is 17.1 Å². The molecule has 26 heavy (non-hydrogen) atoms. The van der Waals surface area contributed by atoms with Crippen molar-refractivity contribution >= 4 is 23.5 Å². The monoisotopic (exact) mass is 376 g/mol. The molecule has 3 rings (SSSR count). The zero-order valence-corrected chi connectivity index (χ0v) is 15.1. The topological polar surface area (TPSA) is 58.6 Å². The Labute approximate surface area is 155 Å². The largest absolute Gasteiger partial charge is 0.496 e. The highest BCUT2D eigenvalue weighted by Gasteiger charge is 2.48. The number of halogens is 2. The first-order valence-corrected chi connectivity index (χ1v) is 8.42. The zero-order valence-electron chi connectivity index (χ0n) is 14.4. The molecule has 1 fully saturated rings. The van der Waals surface area contributed by atoms with Crippen LogP contribution in [0.3, 0.4) is 0 Å². The summed E-state index contributed by atoms with van der Waals surface area (Å²) in [6.07, 6.45) is 0.253. The number of methoxy groups -OCH3 is 1. The van der Waals surface area contributed by atoms with Gasteiger partial charge in [0.25, 0.3) is 5.91 Å². The highest BCUT2D eigenvalue weighted by molar-refractivity contribution is 6.31. The van der Waals surface area contributed by atoms with Crippen LogP contribution in [0.15, 0.2) is 42.5 Å². The Morgan fingerprint density at radius 1 is 1.19 bits per heavy atom. The lowest BCUT2D eigenvalue weighted by Crippen LogP contribution is -2.46. The summed E-state index contributed by atoms with van der Waals surface area (Å²) in [5.41, 5.74) is -0.250. The first-order chi connectivity index (χ1) is 12.4. The van der Waals surface area contributed by atoms with E-state index < -0.39 is 23.3 Å². The third-order valence-corrected chi connectivity index (χ3v) is 4.81. The number of hydrogen-bond donors (Lipinski definition) is 1. The van der Waals surface area contributed by atoms with Crippen molar-refractivity contribution in [1.82, 2.24) is 10.2 Å². The molecule has 5 nitrogen and oxygen atoms in total. The molecule has 1 aliphatic rings. The van der Waals surface area contributed by atoms with Crippen molar-refractivity contribution in [1.29, 1.82) is 0 Å². The Morgan fingerprint density at radius 2 is 1.92 bits per heavy atom. The van der Waals surface area contributed by atoms with Crippen LogP contribution in [0.2, 0.25) is 5.02 Å². The van der Waals surface area contributed by atoms with E-state index in [4.69, 9.17) is 16.3 Å². The minimum atomic E-state index is -1.15. The summed E-state index contributed by atoms with van der Waals surface area (Å²) in [7, 11) is 1.54. The molecule has 136 valence electrons. The maximum absolute atomic E-state index is 14.0. The Hall–Kier alpha value is -2.60. The van der Waals surface area contributed by atoms with E-state index in [9.17, 15) is 14.0 Å². The Morgan fingerprint density at radius 3 is 2.62 bits per heavy atom. The number of carbonyl (C=O) groups is 2. The lowest BCUT2D eigenvalue weighted by molar-refractivity contribution is -0.131. The second-order valence-electron chi connectivity index (χ2n) is 6.34. The first-order valence-electron chi connectivity index (χ1n) is 8.04. The molecule has 3 amide bonds. The van der Waals surface area contributed by atoms with Crippen LogP contribution in [0, 0.1) is 5.82 Å². The van der Waals surface area contributed by atoms with Crippen LogP contribution in [-0.2, 0) is 17.8 Å². The van der Waals surface area contributed by atoms with Gasteiger partial charge in [-0.1, -0.05) is 35.9 Å². The fourth-order valence-electron chi connectivity index (χ4n) is 3.08. The molecule has 0 aromatic heterocycles. The number of ether oxygens (including phenoxy) is 1. The van der Waals surface area contributed by atoms with Crippen LogP contribution < -0.4 is 10.1 Å². The fraction of sp³-hybridized carbons (Fsp3) is 0.263. The molecule has 2 aromatic rings. The van der Waals surface area contributed by atoms with Gasteiger partial charge in [-0.05, 0) is 30.7 Å². The van der Waals surface area contributed by atoms with Crippen LogP contribution in [0.25, 0.3) is 0 Å². The Bertz CT molecular complexity index is 853. The maximum atomic E-state index is 14.0. The van der Waals surface area contributed by atoms with Gasteiger partial charge in [0, 0.05) is 17.0 Å². The van der Waals surface area contributed by atoms with Crippen molar-refractivity contribution in [3.63, 3.8) is 0 Å². The third-order valence-electron chi connectivity index (χ3n) is 4.46. The molecule has 1 N–H and O–H groups in total. The van der Waals surface area contributed by atoms with Gasteiger partial charge >= 0.3 is 6.03 Å². The highest BCUT2D eigenvalue weighted by atomic mass is 35.5. The molecule has 1 atom stereocenters. The minimum Gasteiger partial charge on any atom is -0.496 e. The lowest BCUT2D eigenvalue weighted by atomic mass is 9.92. The van der Waals surface area contributed by atoms with Gasteiger partial charge in [-0.25, -0.2) is 9.18 Å². The number of imide groups is 1. The number of nitrogens with zero attached hydrogens (tertiary/aromatic N) is 1. The number of para-hydroxylation sites is 1. The third kappa shape index (κ3) is 3.24. The zero-order chi connectivity index (χ0) is 18.9. The van der Waals surface area contributed by atoms with Crippen molar-refractivity contribution in [3.05, 3.63) is 64.4 Å². The molecule has 7 heteroatoms. The standard InChI is InChI=1S/C19H18ClFN2O3/c1-19(10-12-6-3-4-9-16(12)26-2)17(24)23(18(25)22-19)11-13-14(20)7-5-8-15(13)21/h3-9H,10-11H2,1-2H3,(H,22,25)/t19-/m1/s1. The van der Waals surface area contributed by atoms with Gasteiger partial charge in [0.05, 0.1) is 13.7 Å². The van der Waals surface area contributed by atoms with Gasteiger partial charge in [-0.15, -0.1) is 0 Å². The molecule has 0 unspecified atom stereocenters. The quantitative estimate of drug-likeness (QED) is 0.812. The number of hydrogen-bond acceptors (Lipinski definition) is 3. The van der Waals surface area contributed by atoms with E-state index >= 15 is 0 Å². The molecule has 2 aromatic carbocycles. The Kier molecular flexibility index (Phi) is 4.87. The normalized spacial score (nSPS) is 19.6. The second-order valence-corrected chi connectivity index (χ2v) is 6.75. The Balaban J connectivity index is 1.86. The van der Waals surface area contributed by atoms with Crippen LogP contribution in [-0.4, -0.2) is 29.5 Å². The number of rotatable bonds is 5. The van der Waals surface area contributed by atoms with Crippen molar-refractivity contribution < 1.29 is 18.7 Å². The minimum absolute atomic E-state index is 0.110. The van der Waals surface area contributed by atoms with E-state index in [1.165, 1.54) is 18.2 Å². The number of benzene rings is 2. The van der Waals surface area contributed by atoms with Crippen LogP contribution in [0.4, 0.5) is 9.18 Å². The molecule has 0 radical (unpaired) electrons. The molecule has 1 aliphatic heterocycles. The average molecular weight is 377 g/mol. The summed E-state index contributed by atoms with van der Waals surface area (Å²) < 4.78 is 19.3. The van der Waals surface area contributed by atoms with E-state index in [0.29, 0.717) is 5.75 Å². The summed E-state index contributed by atoms with van der Waals surface area (Å²) in [6.45, 7) is 1.42. The molecular weight excluding hydrogens is 359 g/mol. The molecule has 0 aliphatic carbocycles. The van der Waals surface area contributed by atoms with Crippen molar-refractivity contribution in [2.45, 2.75) is 25.4 Å². The molecule has 1 saturated heterocycles. The predicted molar refractivity (Wildman–Crippen MR) is 95.6 cm³/mol. The molecule has 0 bridgehead atoms. The molecule has 0 saturated carbocycles. The lowest BCUT2D eigenvalue weighted by Gasteiger charge is -2.23. The first kappa shape index (κ1) is 18.2. The predicted octanol–water partition coefficient (Wildman–Crippen LogP) is 3.54. The molecule has 0 spiro atoms. The van der Waals surface area contributed by atoms with Gasteiger partial charge < -0.3 is 10.1 Å². The SMILES string of the molecule is COc1ccccc1C[C@@]1(C)NC(=O)N(Cc2c(F)cccc2Cl)C1=O. The number of urea groups is 1. The second kappa shape index (κ2) is 6.96. The smallest absolute Gasteiger partial charge is 0.325 e. The van der Waals surface area contributed by atoms with E-state index in [-0.39, 0.29) is 23.6 Å². The highest BCUT2D eigenvalue weighted by Crippen LogP contribution is 2.29. The van der Waals surface area contributed by atoms with E-state index in [1.807, 2.05) is 18.2 Å². The summed E-state index contributed by atoms with van der Waals surface area (Å²) in [5.74, 6) is -0.365.